The van der Waals surface area contributed by atoms with Crippen LogP contribution in [0.2, 0.25) is 0 Å². The number of rotatable bonds is 3. The van der Waals surface area contributed by atoms with Crippen molar-refractivity contribution in [3.8, 4) is 11.8 Å². The van der Waals surface area contributed by atoms with Gasteiger partial charge in [-0.15, -0.1) is 5.10 Å². The van der Waals surface area contributed by atoms with E-state index in [2.05, 4.69) is 15.2 Å². The molecule has 0 fully saturated rings. The van der Waals surface area contributed by atoms with E-state index in [1.54, 1.807) is 18.2 Å². The molecule has 0 saturated heterocycles. The fourth-order valence-corrected chi connectivity index (χ4v) is 1.84. The lowest BCUT2D eigenvalue weighted by atomic mass is 10.2. The van der Waals surface area contributed by atoms with Crippen molar-refractivity contribution >= 4 is 11.0 Å². The van der Waals surface area contributed by atoms with Gasteiger partial charge < -0.3 is 10.5 Å². The number of nitrogens with two attached hydrogens (primary N) is 1. The highest BCUT2D eigenvalue weighted by atomic mass is 19.1. The Kier molecular flexibility index (Phi) is 3.22. The fraction of sp³-hybridized carbons (Fsp3) is 0.0714. The zero-order chi connectivity index (χ0) is 13.9. The van der Waals surface area contributed by atoms with Gasteiger partial charge in [0.05, 0.1) is 5.52 Å². The lowest BCUT2D eigenvalue weighted by Crippen LogP contribution is -2.04. The summed E-state index contributed by atoms with van der Waals surface area (Å²) in [5.41, 5.74) is 7.12. The third kappa shape index (κ3) is 2.28. The molecule has 3 aromatic rings. The second kappa shape index (κ2) is 5.18. The molecule has 0 saturated carbocycles. The van der Waals surface area contributed by atoms with E-state index in [1.807, 2.05) is 12.1 Å². The molecule has 0 radical (unpaired) electrons. The number of fused-ring (bicyclic) bond motifs is 1. The molecule has 0 unspecified atom stereocenters. The minimum absolute atomic E-state index is 0.0308. The lowest BCUT2D eigenvalue weighted by molar-refractivity contribution is 0.426. The second-order valence-electron chi connectivity index (χ2n) is 4.11. The van der Waals surface area contributed by atoms with E-state index in [0.717, 1.165) is 0 Å². The van der Waals surface area contributed by atoms with Gasteiger partial charge in [0, 0.05) is 12.1 Å². The molecule has 0 aliphatic heterocycles. The molecule has 0 amide bonds. The monoisotopic (exact) mass is 270 g/mol. The molecular formula is C14H11FN4O. The maximum absolute atomic E-state index is 13.6. The van der Waals surface area contributed by atoms with E-state index in [4.69, 9.17) is 10.5 Å². The molecule has 6 heteroatoms. The van der Waals surface area contributed by atoms with Crippen LogP contribution >= 0.6 is 0 Å². The zero-order valence-corrected chi connectivity index (χ0v) is 10.5. The van der Waals surface area contributed by atoms with Gasteiger partial charge in [0.15, 0.2) is 0 Å². The molecule has 1 heterocycles. The second-order valence-corrected chi connectivity index (χ2v) is 4.11. The van der Waals surface area contributed by atoms with Crippen molar-refractivity contribution < 1.29 is 9.13 Å². The highest BCUT2D eigenvalue weighted by Gasteiger charge is 2.11. The summed E-state index contributed by atoms with van der Waals surface area (Å²) >= 11 is 0. The molecule has 0 atom stereocenters. The standard InChI is InChI=1S/C14H11FN4O/c15-10-4-3-7-13(9(10)8-16)20-14-17-11-5-1-2-6-12(11)18-19-14/h1-7H,8,16H2. The Balaban J connectivity index is 1.99. The Morgan fingerprint density at radius 1 is 1.00 bits per heavy atom. The average molecular weight is 270 g/mol. The fourth-order valence-electron chi connectivity index (χ4n) is 1.84. The van der Waals surface area contributed by atoms with Crippen molar-refractivity contribution in [2.45, 2.75) is 6.54 Å². The molecule has 2 N–H and O–H groups in total. The number of halogens is 1. The van der Waals surface area contributed by atoms with Crippen LogP contribution in [0.5, 0.6) is 11.8 Å². The highest BCUT2D eigenvalue weighted by molar-refractivity contribution is 5.73. The van der Waals surface area contributed by atoms with Crippen molar-refractivity contribution in [2.24, 2.45) is 5.73 Å². The van der Waals surface area contributed by atoms with Crippen LogP contribution in [0.25, 0.3) is 11.0 Å². The Morgan fingerprint density at radius 2 is 1.80 bits per heavy atom. The minimum atomic E-state index is -0.418. The molecule has 20 heavy (non-hydrogen) atoms. The minimum Gasteiger partial charge on any atom is -0.423 e. The Bertz CT molecular complexity index is 763. The summed E-state index contributed by atoms with van der Waals surface area (Å²) < 4.78 is 19.1. The average Bonchev–Trinajstić information content (AvgIpc) is 2.47. The first-order valence-electron chi connectivity index (χ1n) is 6.02. The molecule has 0 bridgehead atoms. The summed E-state index contributed by atoms with van der Waals surface area (Å²) in [5.74, 6) is -0.122. The predicted octanol–water partition coefficient (Wildman–Crippen LogP) is 2.41. The lowest BCUT2D eigenvalue weighted by Gasteiger charge is -2.08. The molecule has 0 aliphatic carbocycles. The number of ether oxygens (including phenoxy) is 1. The van der Waals surface area contributed by atoms with Gasteiger partial charge in [-0.1, -0.05) is 23.3 Å². The van der Waals surface area contributed by atoms with E-state index in [9.17, 15) is 4.39 Å². The van der Waals surface area contributed by atoms with Gasteiger partial charge in [-0.05, 0) is 24.3 Å². The van der Waals surface area contributed by atoms with Gasteiger partial charge in [-0.2, -0.15) is 4.98 Å². The van der Waals surface area contributed by atoms with Gasteiger partial charge in [0.2, 0.25) is 0 Å². The number of hydrogen-bond acceptors (Lipinski definition) is 5. The number of benzene rings is 2. The van der Waals surface area contributed by atoms with Crippen molar-refractivity contribution in [3.63, 3.8) is 0 Å². The van der Waals surface area contributed by atoms with Gasteiger partial charge in [-0.3, -0.25) is 0 Å². The van der Waals surface area contributed by atoms with Crippen LogP contribution in [0.15, 0.2) is 42.5 Å². The quantitative estimate of drug-likeness (QED) is 0.791. The third-order valence-electron chi connectivity index (χ3n) is 2.82. The van der Waals surface area contributed by atoms with E-state index in [1.165, 1.54) is 12.1 Å². The van der Waals surface area contributed by atoms with Crippen molar-refractivity contribution in [2.75, 3.05) is 0 Å². The molecular weight excluding hydrogens is 259 g/mol. The smallest absolute Gasteiger partial charge is 0.341 e. The summed E-state index contributed by atoms with van der Waals surface area (Å²) in [6.07, 6.45) is 0. The van der Waals surface area contributed by atoms with Gasteiger partial charge in [0.25, 0.3) is 0 Å². The van der Waals surface area contributed by atoms with Crippen LogP contribution < -0.4 is 10.5 Å². The van der Waals surface area contributed by atoms with Crippen LogP contribution in [-0.4, -0.2) is 15.2 Å². The van der Waals surface area contributed by atoms with Crippen molar-refractivity contribution in [3.05, 3.63) is 53.8 Å². The summed E-state index contributed by atoms with van der Waals surface area (Å²) in [7, 11) is 0. The van der Waals surface area contributed by atoms with E-state index >= 15 is 0 Å². The maximum Gasteiger partial charge on any atom is 0.341 e. The molecule has 3 rings (SSSR count). The first-order valence-corrected chi connectivity index (χ1v) is 6.02. The van der Waals surface area contributed by atoms with Crippen LogP contribution in [0, 0.1) is 5.82 Å². The number of para-hydroxylation sites is 1. The van der Waals surface area contributed by atoms with Crippen molar-refractivity contribution in [1.29, 1.82) is 0 Å². The third-order valence-corrected chi connectivity index (χ3v) is 2.82. The van der Waals surface area contributed by atoms with Crippen LogP contribution in [0.4, 0.5) is 4.39 Å². The zero-order valence-electron chi connectivity index (χ0n) is 10.5. The summed E-state index contributed by atoms with van der Waals surface area (Å²) in [6, 6.07) is 11.8. The number of hydrogen-bond donors (Lipinski definition) is 1. The summed E-state index contributed by atoms with van der Waals surface area (Å²) in [5, 5.41) is 7.85. The normalized spacial score (nSPS) is 10.7. The Morgan fingerprint density at radius 3 is 2.60 bits per heavy atom. The largest absolute Gasteiger partial charge is 0.423 e. The summed E-state index contributed by atoms with van der Waals surface area (Å²) in [4.78, 5) is 4.22. The van der Waals surface area contributed by atoms with E-state index in [-0.39, 0.29) is 18.1 Å². The molecule has 1 aromatic heterocycles. The Hall–Kier alpha value is -2.60. The predicted molar refractivity (Wildman–Crippen MR) is 71.7 cm³/mol. The highest BCUT2D eigenvalue weighted by Crippen LogP contribution is 2.25. The van der Waals surface area contributed by atoms with E-state index < -0.39 is 5.82 Å². The SMILES string of the molecule is NCc1c(F)cccc1Oc1nnc2ccccc2n1. The van der Waals surface area contributed by atoms with E-state index in [0.29, 0.717) is 16.8 Å². The topological polar surface area (TPSA) is 73.9 Å². The molecule has 0 spiro atoms. The van der Waals surface area contributed by atoms with Gasteiger partial charge in [-0.25, -0.2) is 4.39 Å². The first-order chi connectivity index (χ1) is 9.78. The number of aromatic nitrogens is 3. The molecule has 100 valence electrons. The molecule has 5 nitrogen and oxygen atoms in total. The maximum atomic E-state index is 13.6. The van der Waals surface area contributed by atoms with Crippen LogP contribution in [-0.2, 0) is 6.54 Å². The van der Waals surface area contributed by atoms with Gasteiger partial charge >= 0.3 is 6.01 Å². The molecule has 2 aromatic carbocycles. The Labute approximate surface area is 114 Å². The molecule has 0 aliphatic rings. The first kappa shape index (κ1) is 12.4. The van der Waals surface area contributed by atoms with Gasteiger partial charge in [0.1, 0.15) is 17.1 Å². The van der Waals surface area contributed by atoms with Crippen molar-refractivity contribution in [1.82, 2.24) is 15.2 Å². The van der Waals surface area contributed by atoms with Crippen LogP contribution in [0.3, 0.4) is 0 Å². The van der Waals surface area contributed by atoms with Crippen LogP contribution in [0.1, 0.15) is 5.56 Å². The number of nitrogens with zero attached hydrogens (tertiary/aromatic N) is 3. The summed E-state index contributed by atoms with van der Waals surface area (Å²) in [6.45, 7) is 0.0308.